The minimum atomic E-state index is -1.11. The monoisotopic (exact) mass is 245 g/mol. The molecule has 0 aromatic heterocycles. The highest BCUT2D eigenvalue weighted by atomic mass is 16.4. The van der Waals surface area contributed by atoms with Gasteiger partial charge in [-0.25, -0.2) is 9.59 Å². The van der Waals surface area contributed by atoms with E-state index in [1.807, 2.05) is 0 Å². The number of carbonyl (C=O) groups excluding carboxylic acids is 2. The molecule has 0 aromatic rings. The van der Waals surface area contributed by atoms with Crippen LogP contribution in [0.2, 0.25) is 0 Å². The molecule has 0 rings (SSSR count). The van der Waals surface area contributed by atoms with Gasteiger partial charge in [-0.1, -0.05) is 13.8 Å². The summed E-state index contributed by atoms with van der Waals surface area (Å²) < 4.78 is 0. The number of urea groups is 1. The predicted molar refractivity (Wildman–Crippen MR) is 61.5 cm³/mol. The first kappa shape index (κ1) is 15.2. The molecule has 2 atom stereocenters. The van der Waals surface area contributed by atoms with Gasteiger partial charge in [-0.3, -0.25) is 4.79 Å². The average Bonchev–Trinajstić information content (AvgIpc) is 2.23. The number of aliphatic carboxylic acids is 1. The van der Waals surface area contributed by atoms with Crippen LogP contribution in [-0.4, -0.2) is 42.1 Å². The van der Waals surface area contributed by atoms with Gasteiger partial charge in [0.2, 0.25) is 5.91 Å². The number of carboxylic acids is 1. The van der Waals surface area contributed by atoms with Crippen molar-refractivity contribution < 1.29 is 19.5 Å². The Balaban J connectivity index is 4.34. The van der Waals surface area contributed by atoms with Crippen molar-refractivity contribution in [3.8, 4) is 0 Å². The third kappa shape index (κ3) is 5.19. The van der Waals surface area contributed by atoms with Crippen LogP contribution in [0.4, 0.5) is 4.79 Å². The quantitative estimate of drug-likeness (QED) is 0.525. The van der Waals surface area contributed by atoms with Gasteiger partial charge in [0.25, 0.3) is 0 Å². The number of hydrogen-bond donors (Lipinski definition) is 4. The highest BCUT2D eigenvalue weighted by Crippen LogP contribution is 2.01. The summed E-state index contributed by atoms with van der Waals surface area (Å²) in [6, 6.07) is -2.38. The molecule has 0 radical (unpaired) electrons. The molecule has 0 saturated carbocycles. The fourth-order valence-electron chi connectivity index (χ4n) is 1.18. The highest BCUT2D eigenvalue weighted by Gasteiger charge is 2.24. The van der Waals surface area contributed by atoms with Crippen molar-refractivity contribution in [1.29, 1.82) is 0 Å². The second kappa shape index (κ2) is 6.72. The maximum Gasteiger partial charge on any atom is 0.326 e. The molecular formula is C10H19N3O4. The van der Waals surface area contributed by atoms with Crippen LogP contribution in [0.3, 0.4) is 0 Å². The van der Waals surface area contributed by atoms with Crippen LogP contribution in [0.5, 0.6) is 0 Å². The van der Waals surface area contributed by atoms with Crippen molar-refractivity contribution in [2.75, 3.05) is 7.05 Å². The summed E-state index contributed by atoms with van der Waals surface area (Å²) in [5.41, 5.74) is 0. The van der Waals surface area contributed by atoms with E-state index in [1.165, 1.54) is 14.0 Å². The van der Waals surface area contributed by atoms with Crippen LogP contribution in [0.1, 0.15) is 20.8 Å². The molecule has 0 aromatic carbocycles. The van der Waals surface area contributed by atoms with Gasteiger partial charge >= 0.3 is 12.0 Å². The molecule has 7 heteroatoms. The number of nitrogens with one attached hydrogen (secondary N) is 3. The molecule has 0 aliphatic carbocycles. The summed E-state index contributed by atoms with van der Waals surface area (Å²) >= 11 is 0. The third-order valence-electron chi connectivity index (χ3n) is 2.21. The topological polar surface area (TPSA) is 108 Å². The van der Waals surface area contributed by atoms with Crippen molar-refractivity contribution >= 4 is 17.9 Å². The van der Waals surface area contributed by atoms with Gasteiger partial charge in [0.05, 0.1) is 0 Å². The zero-order valence-electron chi connectivity index (χ0n) is 10.4. The van der Waals surface area contributed by atoms with E-state index < -0.39 is 24.1 Å². The largest absolute Gasteiger partial charge is 0.480 e. The Bertz CT molecular complexity index is 304. The van der Waals surface area contributed by atoms with E-state index in [0.29, 0.717) is 0 Å². The lowest BCUT2D eigenvalue weighted by Gasteiger charge is -2.20. The summed E-state index contributed by atoms with van der Waals surface area (Å²) in [4.78, 5) is 33.4. The van der Waals surface area contributed by atoms with Crippen LogP contribution >= 0.6 is 0 Å². The third-order valence-corrected chi connectivity index (χ3v) is 2.21. The molecule has 17 heavy (non-hydrogen) atoms. The smallest absolute Gasteiger partial charge is 0.326 e. The summed E-state index contributed by atoms with van der Waals surface area (Å²) in [6.07, 6.45) is 0. The van der Waals surface area contributed by atoms with Gasteiger partial charge < -0.3 is 21.1 Å². The maximum absolute atomic E-state index is 11.4. The molecule has 0 bridgehead atoms. The lowest BCUT2D eigenvalue weighted by molar-refractivity contribution is -0.140. The molecule has 98 valence electrons. The number of likely N-dealkylation sites (N-methyl/N-ethyl adjacent to an activating group) is 1. The molecule has 3 amide bonds. The van der Waals surface area contributed by atoms with Gasteiger partial charge in [-0.05, 0) is 12.8 Å². The number of rotatable bonds is 5. The van der Waals surface area contributed by atoms with Crippen molar-refractivity contribution in [3.63, 3.8) is 0 Å². The Morgan fingerprint density at radius 1 is 1.06 bits per heavy atom. The molecule has 0 heterocycles. The molecule has 0 aliphatic rings. The first-order valence-electron chi connectivity index (χ1n) is 5.31. The fourth-order valence-corrected chi connectivity index (χ4v) is 1.18. The van der Waals surface area contributed by atoms with E-state index in [9.17, 15) is 14.4 Å². The van der Waals surface area contributed by atoms with E-state index >= 15 is 0 Å². The lowest BCUT2D eigenvalue weighted by Crippen LogP contribution is -2.53. The molecule has 7 nitrogen and oxygen atoms in total. The predicted octanol–water partition coefficient (Wildman–Crippen LogP) is -0.471. The zero-order chi connectivity index (χ0) is 13.6. The first-order chi connectivity index (χ1) is 7.79. The van der Waals surface area contributed by atoms with E-state index in [2.05, 4.69) is 16.0 Å². The van der Waals surface area contributed by atoms with Crippen molar-refractivity contribution in [3.05, 3.63) is 0 Å². The van der Waals surface area contributed by atoms with Gasteiger partial charge in [0, 0.05) is 7.05 Å². The van der Waals surface area contributed by atoms with Crippen LogP contribution < -0.4 is 16.0 Å². The molecule has 0 aliphatic heterocycles. The number of carbonyl (C=O) groups is 3. The minimum Gasteiger partial charge on any atom is -0.480 e. The zero-order valence-corrected chi connectivity index (χ0v) is 10.4. The Morgan fingerprint density at radius 3 is 1.94 bits per heavy atom. The summed E-state index contributed by atoms with van der Waals surface area (Å²) in [5, 5.41) is 15.9. The SMILES string of the molecule is CNC(=O)C(C)NC(=O)N[C@H](C(=O)O)C(C)C. The number of carboxylic acid groups (broad SMARTS) is 1. The molecule has 0 spiro atoms. The van der Waals surface area contributed by atoms with E-state index in [1.54, 1.807) is 13.8 Å². The fraction of sp³-hybridized carbons (Fsp3) is 0.700. The van der Waals surface area contributed by atoms with Crippen LogP contribution in [-0.2, 0) is 9.59 Å². The van der Waals surface area contributed by atoms with Crippen LogP contribution in [0.15, 0.2) is 0 Å². The van der Waals surface area contributed by atoms with Crippen molar-refractivity contribution in [1.82, 2.24) is 16.0 Å². The second-order valence-electron chi connectivity index (χ2n) is 4.01. The Kier molecular flexibility index (Phi) is 6.01. The van der Waals surface area contributed by atoms with Gasteiger partial charge in [0.15, 0.2) is 0 Å². The lowest BCUT2D eigenvalue weighted by atomic mass is 10.1. The number of hydrogen-bond acceptors (Lipinski definition) is 3. The minimum absolute atomic E-state index is 0.242. The van der Waals surface area contributed by atoms with E-state index in [4.69, 9.17) is 5.11 Å². The van der Waals surface area contributed by atoms with Crippen LogP contribution in [0, 0.1) is 5.92 Å². The Hall–Kier alpha value is -1.79. The Labute approximate surface area is 100.0 Å². The average molecular weight is 245 g/mol. The molecular weight excluding hydrogens is 226 g/mol. The first-order valence-corrected chi connectivity index (χ1v) is 5.31. The standard InChI is InChI=1S/C10H19N3O4/c1-5(2)7(9(15)16)13-10(17)12-6(3)8(14)11-4/h5-7H,1-4H3,(H,11,14)(H,15,16)(H2,12,13,17)/t6?,7-/m0/s1. The van der Waals surface area contributed by atoms with E-state index in [-0.39, 0.29) is 11.8 Å². The summed E-state index contributed by atoms with van der Waals surface area (Å²) in [7, 11) is 1.45. The normalized spacial score (nSPS) is 13.7. The van der Waals surface area contributed by atoms with Crippen LogP contribution in [0.25, 0.3) is 0 Å². The van der Waals surface area contributed by atoms with Crippen molar-refractivity contribution in [2.24, 2.45) is 5.92 Å². The Morgan fingerprint density at radius 2 is 1.59 bits per heavy atom. The van der Waals surface area contributed by atoms with Gasteiger partial charge in [0.1, 0.15) is 12.1 Å². The van der Waals surface area contributed by atoms with Crippen molar-refractivity contribution in [2.45, 2.75) is 32.9 Å². The molecule has 0 saturated heterocycles. The number of amides is 3. The van der Waals surface area contributed by atoms with Gasteiger partial charge in [-0.2, -0.15) is 0 Å². The molecule has 0 fully saturated rings. The summed E-state index contributed by atoms with van der Waals surface area (Å²) in [5.74, 6) is -1.70. The second-order valence-corrected chi connectivity index (χ2v) is 4.01. The maximum atomic E-state index is 11.4. The molecule has 4 N–H and O–H groups in total. The van der Waals surface area contributed by atoms with Gasteiger partial charge in [-0.15, -0.1) is 0 Å². The van der Waals surface area contributed by atoms with E-state index in [0.717, 1.165) is 0 Å². The highest BCUT2D eigenvalue weighted by molar-refractivity contribution is 5.88. The summed E-state index contributed by atoms with van der Waals surface area (Å²) in [6.45, 7) is 4.87. The molecule has 1 unspecified atom stereocenters.